The van der Waals surface area contributed by atoms with E-state index in [0.717, 1.165) is 0 Å². The van der Waals surface area contributed by atoms with Crippen molar-refractivity contribution in [3.05, 3.63) is 0 Å². The molecule has 2 rings (SSSR count). The Bertz CT molecular complexity index is 558. The molecule has 7 nitrogen and oxygen atoms in total. The van der Waals surface area contributed by atoms with E-state index in [2.05, 4.69) is 0 Å². The first kappa shape index (κ1) is 9.13. The lowest BCUT2D eigenvalue weighted by Gasteiger charge is -2.08. The Hall–Kier alpha value is -2.44. The van der Waals surface area contributed by atoms with Crippen molar-refractivity contribution in [1.82, 2.24) is 0 Å². The van der Waals surface area contributed by atoms with Crippen molar-refractivity contribution in [1.29, 1.82) is 0 Å². The highest BCUT2D eigenvalue weighted by molar-refractivity contribution is 6.15. The lowest BCUT2D eigenvalue weighted by atomic mass is 10.1. The van der Waals surface area contributed by atoms with Crippen molar-refractivity contribution < 1.29 is 4.42 Å². The van der Waals surface area contributed by atoms with Crippen LogP contribution in [0.2, 0.25) is 0 Å². The van der Waals surface area contributed by atoms with E-state index in [4.69, 9.17) is 38.8 Å². The van der Waals surface area contributed by atoms with E-state index in [1.807, 2.05) is 0 Å². The molecule has 0 fully saturated rings. The summed E-state index contributed by atoms with van der Waals surface area (Å²) in [6, 6.07) is 0. The Kier molecular flexibility index (Phi) is 1.54. The summed E-state index contributed by atoms with van der Waals surface area (Å²) >= 11 is 0. The van der Waals surface area contributed by atoms with Gasteiger partial charge in [0.1, 0.15) is 11.4 Å². The molecule has 0 aliphatic rings. The lowest BCUT2D eigenvalue weighted by molar-refractivity contribution is 0.640. The smallest absolute Gasteiger partial charge is 0.215 e. The van der Waals surface area contributed by atoms with Crippen molar-refractivity contribution in [2.24, 2.45) is 0 Å². The van der Waals surface area contributed by atoms with E-state index in [9.17, 15) is 0 Å². The SMILES string of the molecule is Nc1oc2c(N)c(N)c(N)c(N)c2c1N. The van der Waals surface area contributed by atoms with E-state index in [1.165, 1.54) is 0 Å². The van der Waals surface area contributed by atoms with Gasteiger partial charge in [0.2, 0.25) is 5.88 Å². The van der Waals surface area contributed by atoms with Gasteiger partial charge in [-0.05, 0) is 0 Å². The minimum atomic E-state index is 0.0494. The third-order valence-corrected chi connectivity index (χ3v) is 2.36. The van der Waals surface area contributed by atoms with Crippen LogP contribution in [-0.2, 0) is 0 Å². The molecule has 0 amide bonds. The molecule has 0 bridgehead atoms. The molecule has 1 heterocycles. The second-order valence-corrected chi connectivity index (χ2v) is 3.24. The van der Waals surface area contributed by atoms with Gasteiger partial charge in [0.15, 0.2) is 5.58 Å². The number of hydrogen-bond donors (Lipinski definition) is 6. The maximum atomic E-state index is 5.75. The minimum Gasteiger partial charge on any atom is -0.436 e. The van der Waals surface area contributed by atoms with Crippen molar-refractivity contribution in [2.75, 3.05) is 34.4 Å². The van der Waals surface area contributed by atoms with Gasteiger partial charge in [0.05, 0.1) is 22.4 Å². The van der Waals surface area contributed by atoms with Gasteiger partial charge >= 0.3 is 0 Å². The molecule has 7 heteroatoms. The zero-order valence-corrected chi connectivity index (χ0v) is 7.87. The fourth-order valence-corrected chi connectivity index (χ4v) is 1.47. The van der Waals surface area contributed by atoms with Crippen molar-refractivity contribution in [2.45, 2.75) is 0 Å². The zero-order valence-electron chi connectivity index (χ0n) is 7.87. The van der Waals surface area contributed by atoms with Gasteiger partial charge in [-0.3, -0.25) is 0 Å². The molecule has 0 unspecified atom stereocenters. The Morgan fingerprint density at radius 3 is 1.73 bits per heavy atom. The summed E-state index contributed by atoms with van der Waals surface area (Å²) in [5.41, 5.74) is 35.2. The molecule has 0 radical (unpaired) electrons. The van der Waals surface area contributed by atoms with Gasteiger partial charge in [-0.25, -0.2) is 0 Å². The van der Waals surface area contributed by atoms with E-state index >= 15 is 0 Å². The third kappa shape index (κ3) is 0.938. The second kappa shape index (κ2) is 2.53. The molecule has 1 aromatic carbocycles. The number of furan rings is 1. The largest absolute Gasteiger partial charge is 0.436 e. The molecule has 80 valence electrons. The fourth-order valence-electron chi connectivity index (χ4n) is 1.47. The molecule has 12 N–H and O–H groups in total. The molecule has 0 aliphatic carbocycles. The Labute approximate surface area is 84.9 Å². The summed E-state index contributed by atoms with van der Waals surface area (Å²) in [4.78, 5) is 0. The molecule has 0 atom stereocenters. The third-order valence-electron chi connectivity index (χ3n) is 2.36. The van der Waals surface area contributed by atoms with Crippen molar-refractivity contribution in [3.8, 4) is 0 Å². The number of nitrogens with two attached hydrogens (primary N) is 6. The maximum Gasteiger partial charge on any atom is 0.215 e. The van der Waals surface area contributed by atoms with E-state index in [1.54, 1.807) is 0 Å². The Morgan fingerprint density at radius 1 is 0.600 bits per heavy atom. The molecule has 0 saturated carbocycles. The monoisotopic (exact) mass is 208 g/mol. The van der Waals surface area contributed by atoms with Crippen LogP contribution in [0, 0.1) is 0 Å². The molecule has 15 heavy (non-hydrogen) atoms. The number of nitrogen functional groups attached to an aromatic ring is 6. The number of hydrogen-bond acceptors (Lipinski definition) is 7. The van der Waals surface area contributed by atoms with Crippen LogP contribution in [0.15, 0.2) is 4.42 Å². The normalized spacial score (nSPS) is 10.9. The predicted molar refractivity (Wildman–Crippen MR) is 62.7 cm³/mol. The summed E-state index contributed by atoms with van der Waals surface area (Å²) in [6.45, 7) is 0. The molecular formula is C8H12N6O. The van der Waals surface area contributed by atoms with Gasteiger partial charge in [-0.15, -0.1) is 0 Å². The minimum absolute atomic E-state index is 0.0494. The average molecular weight is 208 g/mol. The van der Waals surface area contributed by atoms with Gasteiger partial charge in [0.25, 0.3) is 0 Å². The van der Waals surface area contributed by atoms with Gasteiger partial charge in [-0.2, -0.15) is 0 Å². The van der Waals surface area contributed by atoms with Gasteiger partial charge in [-0.1, -0.05) is 0 Å². The summed E-state index contributed by atoms with van der Waals surface area (Å²) in [6.07, 6.45) is 0. The standard InChI is InChI=1S/C8H12N6O/c9-2-1-3(10)8(14)15-7(1)6(13)5(12)4(2)11/h9-14H2. The van der Waals surface area contributed by atoms with E-state index in [-0.39, 0.29) is 39.9 Å². The number of benzene rings is 1. The van der Waals surface area contributed by atoms with Crippen LogP contribution in [0.3, 0.4) is 0 Å². The molecule has 1 aromatic heterocycles. The lowest BCUT2D eigenvalue weighted by Crippen LogP contribution is -2.04. The quantitative estimate of drug-likeness (QED) is 0.329. The van der Waals surface area contributed by atoms with Crippen LogP contribution in [0.5, 0.6) is 0 Å². The van der Waals surface area contributed by atoms with E-state index < -0.39 is 0 Å². The number of anilines is 6. The molecule has 0 spiro atoms. The van der Waals surface area contributed by atoms with Crippen LogP contribution >= 0.6 is 0 Å². The summed E-state index contributed by atoms with van der Waals surface area (Å²) < 4.78 is 5.16. The Balaban J connectivity index is 3.07. The maximum absolute atomic E-state index is 5.75. The highest BCUT2D eigenvalue weighted by Crippen LogP contribution is 2.44. The predicted octanol–water partition coefficient (Wildman–Crippen LogP) is -0.0740. The van der Waals surface area contributed by atoms with E-state index in [0.29, 0.717) is 5.39 Å². The highest BCUT2D eigenvalue weighted by atomic mass is 16.3. The molecule has 0 aliphatic heterocycles. The number of rotatable bonds is 0. The summed E-state index contributed by atoms with van der Waals surface area (Å²) in [7, 11) is 0. The van der Waals surface area contributed by atoms with Gasteiger partial charge in [0, 0.05) is 0 Å². The first-order valence-corrected chi connectivity index (χ1v) is 4.14. The van der Waals surface area contributed by atoms with Crippen LogP contribution in [0.25, 0.3) is 11.0 Å². The first-order valence-electron chi connectivity index (χ1n) is 4.14. The summed E-state index contributed by atoms with van der Waals surface area (Å²) in [5, 5.41) is 0.414. The fraction of sp³-hybridized carbons (Fsp3) is 0. The van der Waals surface area contributed by atoms with Gasteiger partial charge < -0.3 is 38.8 Å². The van der Waals surface area contributed by atoms with Crippen LogP contribution in [-0.4, -0.2) is 0 Å². The summed E-state index contributed by atoms with van der Waals surface area (Å²) in [5.74, 6) is 0.0494. The second-order valence-electron chi connectivity index (χ2n) is 3.24. The highest BCUT2D eigenvalue weighted by Gasteiger charge is 2.19. The number of fused-ring (bicyclic) bond motifs is 1. The zero-order chi connectivity index (χ0) is 11.3. The van der Waals surface area contributed by atoms with Crippen LogP contribution in [0.1, 0.15) is 0 Å². The topological polar surface area (TPSA) is 169 Å². The first-order chi connectivity index (χ1) is 6.95. The average Bonchev–Trinajstić information content (AvgIpc) is 2.50. The van der Waals surface area contributed by atoms with Crippen molar-refractivity contribution in [3.63, 3.8) is 0 Å². The van der Waals surface area contributed by atoms with Crippen LogP contribution in [0.4, 0.5) is 34.3 Å². The molecule has 2 aromatic rings. The Morgan fingerprint density at radius 2 is 1.13 bits per heavy atom. The van der Waals surface area contributed by atoms with Crippen molar-refractivity contribution >= 4 is 45.3 Å². The van der Waals surface area contributed by atoms with Crippen LogP contribution < -0.4 is 34.4 Å². The molecule has 0 saturated heterocycles. The molecular weight excluding hydrogens is 196 g/mol.